The fourth-order valence-corrected chi connectivity index (χ4v) is 4.08. The molecule has 31 heavy (non-hydrogen) atoms. The largest absolute Gasteiger partial charge is 0.467 e. The summed E-state index contributed by atoms with van der Waals surface area (Å²) in [5.41, 5.74) is 1.50. The molecule has 3 aromatic heterocycles. The molecule has 1 atom stereocenters. The van der Waals surface area contributed by atoms with Gasteiger partial charge < -0.3 is 13.3 Å². The molecular weight excluding hydrogens is 484 g/mol. The smallest absolute Gasteiger partial charge is 0.277 e. The van der Waals surface area contributed by atoms with Crippen LogP contribution in [0.15, 0.2) is 89.1 Å². The first-order chi connectivity index (χ1) is 15.2. The summed E-state index contributed by atoms with van der Waals surface area (Å²) in [4.78, 5) is 13.0. The van der Waals surface area contributed by atoms with Gasteiger partial charge in [-0.25, -0.2) is 5.01 Å². The third-order valence-corrected chi connectivity index (χ3v) is 5.99. The van der Waals surface area contributed by atoms with Crippen molar-refractivity contribution in [1.29, 1.82) is 0 Å². The first-order valence-corrected chi connectivity index (χ1v) is 11.1. The van der Waals surface area contributed by atoms with Crippen LogP contribution >= 0.6 is 27.7 Å². The van der Waals surface area contributed by atoms with E-state index < -0.39 is 0 Å². The van der Waals surface area contributed by atoms with Gasteiger partial charge in [-0.05, 0) is 48.5 Å². The Morgan fingerprint density at radius 1 is 1.10 bits per heavy atom. The summed E-state index contributed by atoms with van der Waals surface area (Å²) in [5, 5.41) is 14.4. The summed E-state index contributed by atoms with van der Waals surface area (Å²) in [5.74, 6) is 1.59. The molecule has 1 aliphatic heterocycles. The van der Waals surface area contributed by atoms with Crippen molar-refractivity contribution in [3.8, 4) is 11.5 Å². The van der Waals surface area contributed by atoms with Crippen LogP contribution in [-0.2, 0) is 4.79 Å². The zero-order valence-electron chi connectivity index (χ0n) is 16.0. The van der Waals surface area contributed by atoms with Gasteiger partial charge in [0.1, 0.15) is 23.3 Å². The maximum absolute atomic E-state index is 13.0. The summed E-state index contributed by atoms with van der Waals surface area (Å²) in [6.07, 6.45) is 3.67. The number of benzene rings is 1. The topological polar surface area (TPSA) is 97.9 Å². The van der Waals surface area contributed by atoms with Gasteiger partial charge in [0.2, 0.25) is 5.89 Å². The highest BCUT2D eigenvalue weighted by atomic mass is 79.9. The maximum atomic E-state index is 13.0. The van der Waals surface area contributed by atoms with E-state index in [-0.39, 0.29) is 17.7 Å². The maximum Gasteiger partial charge on any atom is 0.277 e. The molecule has 0 spiro atoms. The Balaban J connectivity index is 1.30. The van der Waals surface area contributed by atoms with E-state index in [0.717, 1.165) is 10.0 Å². The number of carbonyl (C=O) groups excluding carboxylic acids is 1. The molecule has 4 aromatic rings. The molecule has 5 rings (SSSR count). The Morgan fingerprint density at radius 3 is 2.65 bits per heavy atom. The number of rotatable bonds is 6. The minimum Gasteiger partial charge on any atom is -0.467 e. The van der Waals surface area contributed by atoms with Crippen LogP contribution in [0.1, 0.15) is 24.0 Å². The van der Waals surface area contributed by atoms with Crippen LogP contribution in [0.25, 0.3) is 11.5 Å². The van der Waals surface area contributed by atoms with Crippen molar-refractivity contribution in [2.75, 3.05) is 5.75 Å². The van der Waals surface area contributed by atoms with Gasteiger partial charge in [-0.2, -0.15) is 5.10 Å². The molecule has 0 fully saturated rings. The van der Waals surface area contributed by atoms with Crippen molar-refractivity contribution in [2.24, 2.45) is 5.10 Å². The van der Waals surface area contributed by atoms with E-state index in [2.05, 4.69) is 31.2 Å². The lowest BCUT2D eigenvalue weighted by Gasteiger charge is -2.19. The molecule has 10 heteroatoms. The lowest BCUT2D eigenvalue weighted by molar-refractivity contribution is -0.130. The summed E-state index contributed by atoms with van der Waals surface area (Å²) in [7, 11) is 0. The van der Waals surface area contributed by atoms with Crippen molar-refractivity contribution in [2.45, 2.75) is 17.7 Å². The second-order valence-electron chi connectivity index (χ2n) is 6.67. The molecule has 1 aliphatic rings. The molecule has 0 saturated carbocycles. The molecule has 0 radical (unpaired) electrons. The quantitative estimate of drug-likeness (QED) is 0.338. The van der Waals surface area contributed by atoms with Crippen LogP contribution in [0.3, 0.4) is 0 Å². The minimum absolute atomic E-state index is 0.0914. The zero-order chi connectivity index (χ0) is 21.2. The second kappa shape index (κ2) is 8.56. The van der Waals surface area contributed by atoms with Gasteiger partial charge in [0.15, 0.2) is 0 Å². The molecule has 0 saturated heterocycles. The Morgan fingerprint density at radius 2 is 1.90 bits per heavy atom. The first kappa shape index (κ1) is 19.8. The number of hydrogen-bond donors (Lipinski definition) is 0. The number of thioether (sulfide) groups is 1. The normalized spacial score (nSPS) is 16.0. The highest BCUT2D eigenvalue weighted by Gasteiger charge is 2.35. The number of aromatic nitrogens is 2. The average molecular weight is 499 g/mol. The third-order valence-electron chi connectivity index (χ3n) is 4.66. The van der Waals surface area contributed by atoms with Gasteiger partial charge in [0.05, 0.1) is 18.3 Å². The first-order valence-electron chi connectivity index (χ1n) is 9.36. The van der Waals surface area contributed by atoms with Gasteiger partial charge in [-0.3, -0.25) is 4.79 Å². The number of halogens is 1. The van der Waals surface area contributed by atoms with Crippen molar-refractivity contribution < 1.29 is 18.0 Å². The number of furan rings is 2. The van der Waals surface area contributed by atoms with Crippen LogP contribution < -0.4 is 0 Å². The molecule has 1 aromatic carbocycles. The van der Waals surface area contributed by atoms with Crippen molar-refractivity contribution in [1.82, 2.24) is 15.2 Å². The summed E-state index contributed by atoms with van der Waals surface area (Å²) < 4.78 is 17.6. The van der Waals surface area contributed by atoms with Crippen LogP contribution in [-0.4, -0.2) is 32.6 Å². The summed E-state index contributed by atoms with van der Waals surface area (Å²) in [6, 6.07) is 14.5. The Kier molecular flexibility index (Phi) is 5.47. The number of nitrogens with zero attached hydrogens (tertiary/aromatic N) is 4. The van der Waals surface area contributed by atoms with Crippen molar-refractivity contribution in [3.05, 3.63) is 77.1 Å². The molecule has 1 amide bonds. The van der Waals surface area contributed by atoms with E-state index in [4.69, 9.17) is 13.3 Å². The summed E-state index contributed by atoms with van der Waals surface area (Å²) in [6.45, 7) is 0. The van der Waals surface area contributed by atoms with Gasteiger partial charge in [0, 0.05) is 16.5 Å². The minimum atomic E-state index is -0.329. The van der Waals surface area contributed by atoms with E-state index in [0.29, 0.717) is 34.8 Å². The van der Waals surface area contributed by atoms with E-state index in [1.807, 2.05) is 36.4 Å². The SMILES string of the molecule is O=C(CSc1nnc(-c2ccc(Br)cc2)o1)N1N=C(c2ccco2)CC1c1ccco1. The van der Waals surface area contributed by atoms with Crippen molar-refractivity contribution in [3.63, 3.8) is 0 Å². The molecule has 8 nitrogen and oxygen atoms in total. The van der Waals surface area contributed by atoms with E-state index in [9.17, 15) is 4.79 Å². The van der Waals surface area contributed by atoms with Gasteiger partial charge in [-0.15, -0.1) is 10.2 Å². The molecule has 0 aliphatic carbocycles. The fourth-order valence-electron chi connectivity index (χ4n) is 3.20. The molecule has 0 bridgehead atoms. The molecule has 4 heterocycles. The number of amides is 1. The third kappa shape index (κ3) is 4.21. The Labute approximate surface area is 189 Å². The number of carbonyl (C=O) groups is 1. The molecule has 1 unspecified atom stereocenters. The second-order valence-corrected chi connectivity index (χ2v) is 8.51. The highest BCUT2D eigenvalue weighted by Crippen LogP contribution is 2.34. The predicted molar refractivity (Wildman–Crippen MR) is 116 cm³/mol. The highest BCUT2D eigenvalue weighted by molar-refractivity contribution is 9.10. The van der Waals surface area contributed by atoms with Gasteiger partial charge >= 0.3 is 0 Å². The van der Waals surface area contributed by atoms with Crippen LogP contribution in [0.2, 0.25) is 0 Å². The van der Waals surface area contributed by atoms with Crippen LogP contribution in [0.5, 0.6) is 0 Å². The van der Waals surface area contributed by atoms with Crippen LogP contribution in [0.4, 0.5) is 0 Å². The van der Waals surface area contributed by atoms with E-state index >= 15 is 0 Å². The average Bonchev–Trinajstić information content (AvgIpc) is 3.58. The number of hydrogen-bond acceptors (Lipinski definition) is 8. The lowest BCUT2D eigenvalue weighted by Crippen LogP contribution is -2.28. The summed E-state index contributed by atoms with van der Waals surface area (Å²) >= 11 is 4.56. The number of hydrazone groups is 1. The van der Waals surface area contributed by atoms with E-state index in [1.165, 1.54) is 16.8 Å². The predicted octanol–water partition coefficient (Wildman–Crippen LogP) is 5.16. The van der Waals surface area contributed by atoms with Gasteiger partial charge in [0.25, 0.3) is 11.1 Å². The van der Waals surface area contributed by atoms with E-state index in [1.54, 1.807) is 24.7 Å². The molecule has 0 N–H and O–H groups in total. The Bertz CT molecular complexity index is 1200. The molecule has 156 valence electrons. The van der Waals surface area contributed by atoms with Gasteiger partial charge in [-0.1, -0.05) is 27.7 Å². The zero-order valence-corrected chi connectivity index (χ0v) is 18.4. The van der Waals surface area contributed by atoms with Crippen LogP contribution in [0, 0.1) is 0 Å². The molecular formula is C21H15BrN4O4S. The lowest BCUT2D eigenvalue weighted by atomic mass is 10.1. The standard InChI is InChI=1S/C21H15BrN4O4S/c22-14-7-5-13(6-8-14)20-23-24-21(30-20)31-12-19(27)26-16(18-4-2-10-29-18)11-15(25-26)17-3-1-9-28-17/h1-10,16H,11-12H2. The Hall–Kier alpha value is -3.11. The fraction of sp³-hybridized carbons (Fsp3) is 0.143. The van der Waals surface area contributed by atoms with Crippen molar-refractivity contribution >= 4 is 39.3 Å². The monoisotopic (exact) mass is 498 g/mol.